The fraction of sp³-hybridized carbons (Fsp3) is 0.889. The van der Waals surface area contributed by atoms with Crippen molar-refractivity contribution in [3.05, 3.63) is 12.7 Å². The van der Waals surface area contributed by atoms with Crippen LogP contribution in [0, 0.1) is 5.41 Å². The topological polar surface area (TPSA) is 64.6 Å². The molecular formula is C18H32O7. The molecule has 0 unspecified atom stereocenters. The zero-order valence-corrected chi connectivity index (χ0v) is 15.9. The molecule has 0 aromatic rings. The zero-order valence-electron chi connectivity index (χ0n) is 15.9. The SMILES string of the molecule is C=CCO[C@H]1OCO[C@H]2[C@@H]1O[C@H](C[C@@H](COC)OC)C(C)(C)[C@@H]2OC. The number of hydrogen-bond donors (Lipinski definition) is 0. The van der Waals surface area contributed by atoms with Crippen molar-refractivity contribution in [2.24, 2.45) is 5.41 Å². The predicted octanol–water partition coefficient (Wildman–Crippen LogP) is 1.75. The lowest BCUT2D eigenvalue weighted by atomic mass is 9.72. The Bertz CT molecular complexity index is 414. The predicted molar refractivity (Wildman–Crippen MR) is 91.3 cm³/mol. The minimum absolute atomic E-state index is 0.0682. The molecule has 7 nitrogen and oxygen atoms in total. The Morgan fingerprint density at radius 2 is 1.96 bits per heavy atom. The van der Waals surface area contributed by atoms with E-state index >= 15 is 0 Å². The van der Waals surface area contributed by atoms with Gasteiger partial charge in [-0.1, -0.05) is 19.9 Å². The molecule has 0 amide bonds. The van der Waals surface area contributed by atoms with Crippen LogP contribution in [-0.4, -0.2) is 78.1 Å². The highest BCUT2D eigenvalue weighted by molar-refractivity contribution is 5.01. The Kier molecular flexibility index (Phi) is 7.82. The number of rotatable bonds is 9. The highest BCUT2D eigenvalue weighted by atomic mass is 16.8. The van der Waals surface area contributed by atoms with E-state index in [1.807, 2.05) is 0 Å². The van der Waals surface area contributed by atoms with Gasteiger partial charge in [-0.3, -0.25) is 0 Å². The first-order valence-corrected chi connectivity index (χ1v) is 8.65. The van der Waals surface area contributed by atoms with Crippen molar-refractivity contribution < 1.29 is 33.2 Å². The number of ether oxygens (including phenoxy) is 7. The van der Waals surface area contributed by atoms with Crippen molar-refractivity contribution in [1.82, 2.24) is 0 Å². The molecule has 0 aliphatic carbocycles. The lowest BCUT2D eigenvalue weighted by Crippen LogP contribution is -2.66. The van der Waals surface area contributed by atoms with E-state index in [9.17, 15) is 0 Å². The van der Waals surface area contributed by atoms with Crippen LogP contribution in [0.3, 0.4) is 0 Å². The third kappa shape index (κ3) is 4.60. The monoisotopic (exact) mass is 360 g/mol. The molecule has 0 radical (unpaired) electrons. The van der Waals surface area contributed by atoms with Crippen LogP contribution in [-0.2, 0) is 33.2 Å². The largest absolute Gasteiger partial charge is 0.382 e. The third-order valence-electron chi connectivity index (χ3n) is 5.06. The fourth-order valence-corrected chi connectivity index (χ4v) is 3.66. The minimum atomic E-state index is -0.517. The average molecular weight is 360 g/mol. The maximum absolute atomic E-state index is 6.40. The van der Waals surface area contributed by atoms with Crippen LogP contribution in [0.2, 0.25) is 0 Å². The molecule has 0 spiro atoms. The van der Waals surface area contributed by atoms with Crippen LogP contribution >= 0.6 is 0 Å². The molecule has 146 valence electrons. The van der Waals surface area contributed by atoms with Gasteiger partial charge in [0.05, 0.1) is 31.5 Å². The van der Waals surface area contributed by atoms with Crippen LogP contribution in [0.15, 0.2) is 12.7 Å². The number of hydrogen-bond acceptors (Lipinski definition) is 7. The quantitative estimate of drug-likeness (QED) is 0.580. The second-order valence-corrected chi connectivity index (χ2v) is 7.02. The normalized spacial score (nSPS) is 35.8. The van der Waals surface area contributed by atoms with Crippen molar-refractivity contribution in [2.45, 2.75) is 57.1 Å². The maximum atomic E-state index is 6.40. The van der Waals surface area contributed by atoms with Gasteiger partial charge in [0, 0.05) is 33.2 Å². The molecule has 0 aromatic heterocycles. The van der Waals surface area contributed by atoms with Crippen molar-refractivity contribution in [3.8, 4) is 0 Å². The van der Waals surface area contributed by atoms with E-state index in [2.05, 4.69) is 20.4 Å². The second-order valence-electron chi connectivity index (χ2n) is 7.02. The Morgan fingerprint density at radius 1 is 1.20 bits per heavy atom. The van der Waals surface area contributed by atoms with Crippen molar-refractivity contribution in [1.29, 1.82) is 0 Å². The molecule has 25 heavy (non-hydrogen) atoms. The summed E-state index contributed by atoms with van der Waals surface area (Å²) in [6.07, 6.45) is 0.853. The summed E-state index contributed by atoms with van der Waals surface area (Å²) in [6.45, 7) is 8.97. The van der Waals surface area contributed by atoms with Gasteiger partial charge in [-0.05, 0) is 0 Å². The highest BCUT2D eigenvalue weighted by Crippen LogP contribution is 2.44. The fourth-order valence-electron chi connectivity index (χ4n) is 3.66. The molecule has 0 saturated carbocycles. The molecule has 2 saturated heterocycles. The van der Waals surface area contributed by atoms with Crippen LogP contribution in [0.25, 0.3) is 0 Å². The van der Waals surface area contributed by atoms with E-state index in [0.717, 1.165) is 0 Å². The molecule has 2 heterocycles. The summed E-state index contributed by atoms with van der Waals surface area (Å²) in [7, 11) is 5.04. The second kappa shape index (κ2) is 9.41. The van der Waals surface area contributed by atoms with Gasteiger partial charge in [-0.15, -0.1) is 6.58 Å². The van der Waals surface area contributed by atoms with E-state index in [0.29, 0.717) is 19.6 Å². The molecule has 0 bridgehead atoms. The van der Waals surface area contributed by atoms with E-state index < -0.39 is 6.29 Å². The maximum Gasteiger partial charge on any atom is 0.189 e. The highest BCUT2D eigenvalue weighted by Gasteiger charge is 2.56. The molecule has 0 aromatic carbocycles. The minimum Gasteiger partial charge on any atom is -0.382 e. The zero-order chi connectivity index (χ0) is 18.4. The first-order chi connectivity index (χ1) is 12.0. The van der Waals surface area contributed by atoms with Gasteiger partial charge in [-0.25, -0.2) is 0 Å². The van der Waals surface area contributed by atoms with Gasteiger partial charge < -0.3 is 33.2 Å². The van der Waals surface area contributed by atoms with Gasteiger partial charge >= 0.3 is 0 Å². The summed E-state index contributed by atoms with van der Waals surface area (Å²) in [5.74, 6) is 0. The molecule has 0 N–H and O–H groups in total. The number of fused-ring (bicyclic) bond motifs is 1. The summed E-state index contributed by atoms with van der Waals surface area (Å²) in [5.41, 5.74) is -0.277. The van der Waals surface area contributed by atoms with Gasteiger partial charge in [-0.2, -0.15) is 0 Å². The smallest absolute Gasteiger partial charge is 0.189 e. The molecule has 2 aliphatic heterocycles. The van der Waals surface area contributed by atoms with Crippen LogP contribution < -0.4 is 0 Å². The lowest BCUT2D eigenvalue weighted by molar-refractivity contribution is -0.368. The van der Waals surface area contributed by atoms with Gasteiger partial charge in [0.1, 0.15) is 12.2 Å². The van der Waals surface area contributed by atoms with E-state index in [-0.39, 0.29) is 42.7 Å². The Morgan fingerprint density at radius 3 is 2.56 bits per heavy atom. The van der Waals surface area contributed by atoms with Crippen molar-refractivity contribution in [3.63, 3.8) is 0 Å². The molecule has 2 rings (SSSR count). The Hall–Kier alpha value is -0.540. The van der Waals surface area contributed by atoms with Crippen LogP contribution in [0.1, 0.15) is 20.3 Å². The van der Waals surface area contributed by atoms with Gasteiger partial charge in [0.15, 0.2) is 13.1 Å². The lowest BCUT2D eigenvalue weighted by Gasteiger charge is -2.54. The van der Waals surface area contributed by atoms with Crippen molar-refractivity contribution >= 4 is 0 Å². The van der Waals surface area contributed by atoms with Gasteiger partial charge in [0.2, 0.25) is 0 Å². The molecule has 2 fully saturated rings. The molecule has 2 aliphatic rings. The summed E-state index contributed by atoms with van der Waals surface area (Å²) < 4.78 is 40.2. The Labute approximate surface area is 150 Å². The van der Waals surface area contributed by atoms with Gasteiger partial charge in [0.25, 0.3) is 0 Å². The van der Waals surface area contributed by atoms with E-state index in [1.54, 1.807) is 27.4 Å². The molecule has 7 heteroatoms. The summed E-state index contributed by atoms with van der Waals surface area (Å²) in [5, 5.41) is 0. The first kappa shape index (κ1) is 20.8. The van der Waals surface area contributed by atoms with Crippen LogP contribution in [0.5, 0.6) is 0 Å². The van der Waals surface area contributed by atoms with E-state index in [4.69, 9.17) is 33.2 Å². The van der Waals surface area contributed by atoms with Crippen LogP contribution in [0.4, 0.5) is 0 Å². The Balaban J connectivity index is 2.20. The van der Waals surface area contributed by atoms with E-state index in [1.165, 1.54) is 0 Å². The average Bonchev–Trinajstić information content (AvgIpc) is 2.59. The molecular weight excluding hydrogens is 328 g/mol. The standard InChI is InChI=1S/C18H32O7/c1-7-8-22-17-15-14(23-11-24-17)16(21-6)18(2,3)13(25-15)9-12(20-5)10-19-4/h7,12-17H,1,8-11H2,2-6H3/t12-,13+,14-,15-,16+,17-/m0/s1. The summed E-state index contributed by atoms with van der Waals surface area (Å²) >= 11 is 0. The van der Waals surface area contributed by atoms with Crippen molar-refractivity contribution in [2.75, 3.05) is 41.3 Å². The summed E-state index contributed by atoms with van der Waals surface area (Å²) in [4.78, 5) is 0. The molecule has 6 atom stereocenters. The number of methoxy groups -OCH3 is 3. The first-order valence-electron chi connectivity index (χ1n) is 8.65. The third-order valence-corrected chi connectivity index (χ3v) is 5.06. The summed E-state index contributed by atoms with van der Waals surface area (Å²) in [6, 6.07) is 0.